The summed E-state index contributed by atoms with van der Waals surface area (Å²) in [5, 5.41) is 0. The van der Waals surface area contributed by atoms with Gasteiger partial charge in [0, 0.05) is 6.04 Å². The number of hydrogen-bond donors (Lipinski definition) is 0. The van der Waals surface area contributed by atoms with E-state index in [1.165, 1.54) is 19.3 Å². The monoisotopic (exact) mass is 155 g/mol. The number of nitrogens with zero attached hydrogens (tertiary/aromatic N) is 1. The smallest absolute Gasteiger partial charge is 0.0117 e. The highest BCUT2D eigenvalue weighted by Gasteiger charge is 2.27. The van der Waals surface area contributed by atoms with Crippen LogP contribution in [-0.2, 0) is 0 Å². The first-order chi connectivity index (χ1) is 5.13. The third-order valence-corrected chi connectivity index (χ3v) is 3.33. The van der Waals surface area contributed by atoms with Gasteiger partial charge in [0.15, 0.2) is 0 Å². The zero-order chi connectivity index (χ0) is 8.43. The lowest BCUT2D eigenvalue weighted by molar-refractivity contribution is 0.123. The zero-order valence-corrected chi connectivity index (χ0v) is 8.30. The molecule has 1 rings (SSSR count). The molecule has 0 saturated heterocycles. The Labute approximate surface area is 70.8 Å². The molecule has 1 fully saturated rings. The number of hydrogen-bond acceptors (Lipinski definition) is 1. The van der Waals surface area contributed by atoms with Crippen molar-refractivity contribution < 1.29 is 0 Å². The van der Waals surface area contributed by atoms with E-state index in [0.29, 0.717) is 0 Å². The van der Waals surface area contributed by atoms with Crippen LogP contribution in [0.25, 0.3) is 0 Å². The quantitative estimate of drug-likeness (QED) is 0.562. The van der Waals surface area contributed by atoms with Crippen LogP contribution in [0.3, 0.4) is 0 Å². The van der Waals surface area contributed by atoms with E-state index in [1.807, 2.05) is 0 Å². The maximum Gasteiger partial charge on any atom is 0.0117 e. The van der Waals surface area contributed by atoms with Crippen molar-refractivity contribution >= 4 is 0 Å². The second kappa shape index (κ2) is 3.57. The summed E-state index contributed by atoms with van der Waals surface area (Å²) in [4.78, 5) is 2.39. The molecule has 1 aliphatic rings. The summed E-state index contributed by atoms with van der Waals surface area (Å²) in [7, 11) is 4.42. The molecule has 0 N–H and O–H groups in total. The summed E-state index contributed by atoms with van der Waals surface area (Å²) in [5.41, 5.74) is 0. The van der Waals surface area contributed by atoms with E-state index in [-0.39, 0.29) is 0 Å². The summed E-state index contributed by atoms with van der Waals surface area (Å²) in [6.07, 6.45) is 4.26. The molecule has 11 heavy (non-hydrogen) atoms. The van der Waals surface area contributed by atoms with Crippen LogP contribution in [0.4, 0.5) is 0 Å². The second-order valence-electron chi connectivity index (χ2n) is 4.30. The van der Waals surface area contributed by atoms with Gasteiger partial charge in [0.1, 0.15) is 0 Å². The van der Waals surface area contributed by atoms with Gasteiger partial charge in [0.25, 0.3) is 0 Å². The van der Waals surface area contributed by atoms with Gasteiger partial charge in [-0.05, 0) is 32.4 Å². The van der Waals surface area contributed by atoms with E-state index in [0.717, 1.165) is 17.9 Å². The van der Waals surface area contributed by atoms with Gasteiger partial charge in [-0.1, -0.05) is 26.7 Å². The molecule has 3 atom stereocenters. The van der Waals surface area contributed by atoms with Crippen LogP contribution in [-0.4, -0.2) is 25.0 Å². The average molecular weight is 155 g/mol. The van der Waals surface area contributed by atoms with Crippen molar-refractivity contribution in [3.8, 4) is 0 Å². The molecule has 1 aliphatic carbocycles. The molecule has 0 aliphatic heterocycles. The fourth-order valence-corrected chi connectivity index (χ4v) is 2.28. The van der Waals surface area contributed by atoms with Gasteiger partial charge in [-0.2, -0.15) is 0 Å². The summed E-state index contributed by atoms with van der Waals surface area (Å²) in [5.74, 6) is 1.81. The molecule has 0 bridgehead atoms. The fourth-order valence-electron chi connectivity index (χ4n) is 2.28. The van der Waals surface area contributed by atoms with Crippen molar-refractivity contribution in [1.82, 2.24) is 4.90 Å². The lowest BCUT2D eigenvalue weighted by atomic mass is 9.77. The lowest BCUT2D eigenvalue weighted by Crippen LogP contribution is -2.39. The number of rotatable bonds is 1. The Hall–Kier alpha value is -0.0400. The van der Waals surface area contributed by atoms with Gasteiger partial charge < -0.3 is 4.90 Å². The Balaban J connectivity index is 2.51. The molecule has 0 aromatic rings. The van der Waals surface area contributed by atoms with E-state index >= 15 is 0 Å². The predicted octanol–water partition coefficient (Wildman–Crippen LogP) is 2.37. The highest BCUT2D eigenvalue weighted by Crippen LogP contribution is 2.31. The minimum absolute atomic E-state index is 0.832. The molecule has 0 heterocycles. The SMILES string of the molecule is CC1CCCC(N(C)C)C1C. The van der Waals surface area contributed by atoms with Gasteiger partial charge in [0.2, 0.25) is 0 Å². The Bertz CT molecular complexity index is 120. The molecule has 1 heteroatoms. The third kappa shape index (κ3) is 1.96. The molecule has 66 valence electrons. The van der Waals surface area contributed by atoms with Gasteiger partial charge in [-0.3, -0.25) is 0 Å². The minimum atomic E-state index is 0.832. The molecule has 0 aromatic heterocycles. The molecule has 0 spiro atoms. The van der Waals surface area contributed by atoms with Crippen LogP contribution in [0.2, 0.25) is 0 Å². The topological polar surface area (TPSA) is 3.24 Å². The zero-order valence-electron chi connectivity index (χ0n) is 8.30. The summed E-state index contributed by atoms with van der Waals surface area (Å²) < 4.78 is 0. The lowest BCUT2D eigenvalue weighted by Gasteiger charge is -2.38. The third-order valence-electron chi connectivity index (χ3n) is 3.33. The van der Waals surface area contributed by atoms with E-state index in [2.05, 4.69) is 32.8 Å². The molecule has 3 unspecified atom stereocenters. The Morgan fingerprint density at radius 1 is 1.09 bits per heavy atom. The average Bonchev–Trinajstić information content (AvgIpc) is 1.94. The molecule has 1 nitrogen and oxygen atoms in total. The molecular formula is C10H21N. The molecule has 0 radical (unpaired) electrons. The largest absolute Gasteiger partial charge is 0.306 e. The van der Waals surface area contributed by atoms with Crippen LogP contribution >= 0.6 is 0 Å². The van der Waals surface area contributed by atoms with Crippen molar-refractivity contribution in [3.63, 3.8) is 0 Å². The van der Waals surface area contributed by atoms with Crippen LogP contribution in [0.1, 0.15) is 33.1 Å². The highest BCUT2D eigenvalue weighted by molar-refractivity contribution is 4.81. The summed E-state index contributed by atoms with van der Waals surface area (Å²) in [6, 6.07) is 0.832. The Morgan fingerprint density at radius 2 is 1.73 bits per heavy atom. The van der Waals surface area contributed by atoms with Gasteiger partial charge in [0.05, 0.1) is 0 Å². The molecule has 0 amide bonds. The van der Waals surface area contributed by atoms with Crippen molar-refractivity contribution in [1.29, 1.82) is 0 Å². The van der Waals surface area contributed by atoms with Crippen molar-refractivity contribution in [2.75, 3.05) is 14.1 Å². The Morgan fingerprint density at radius 3 is 2.18 bits per heavy atom. The van der Waals surface area contributed by atoms with Crippen LogP contribution in [0.15, 0.2) is 0 Å². The Kier molecular flexibility index (Phi) is 2.94. The van der Waals surface area contributed by atoms with E-state index < -0.39 is 0 Å². The summed E-state index contributed by atoms with van der Waals surface area (Å²) >= 11 is 0. The van der Waals surface area contributed by atoms with Gasteiger partial charge >= 0.3 is 0 Å². The van der Waals surface area contributed by atoms with Crippen LogP contribution < -0.4 is 0 Å². The standard InChI is InChI=1S/C10H21N/c1-8-6-5-7-10(9(8)2)11(3)4/h8-10H,5-7H2,1-4H3. The predicted molar refractivity (Wildman–Crippen MR) is 49.7 cm³/mol. The molecule has 1 saturated carbocycles. The van der Waals surface area contributed by atoms with E-state index in [4.69, 9.17) is 0 Å². The van der Waals surface area contributed by atoms with Crippen molar-refractivity contribution in [2.24, 2.45) is 11.8 Å². The van der Waals surface area contributed by atoms with Gasteiger partial charge in [-0.15, -0.1) is 0 Å². The second-order valence-corrected chi connectivity index (χ2v) is 4.30. The normalized spacial score (nSPS) is 39.5. The fraction of sp³-hybridized carbons (Fsp3) is 1.00. The first-order valence-electron chi connectivity index (χ1n) is 4.79. The van der Waals surface area contributed by atoms with Crippen molar-refractivity contribution in [3.05, 3.63) is 0 Å². The van der Waals surface area contributed by atoms with E-state index in [1.54, 1.807) is 0 Å². The maximum absolute atomic E-state index is 2.40. The first kappa shape index (κ1) is 9.05. The summed E-state index contributed by atoms with van der Waals surface area (Å²) in [6.45, 7) is 4.79. The van der Waals surface area contributed by atoms with E-state index in [9.17, 15) is 0 Å². The van der Waals surface area contributed by atoms with Gasteiger partial charge in [-0.25, -0.2) is 0 Å². The maximum atomic E-state index is 2.40. The highest BCUT2D eigenvalue weighted by atomic mass is 15.1. The molecular weight excluding hydrogens is 134 g/mol. The molecule has 0 aromatic carbocycles. The van der Waals surface area contributed by atoms with Crippen LogP contribution in [0, 0.1) is 11.8 Å². The van der Waals surface area contributed by atoms with Crippen LogP contribution in [0.5, 0.6) is 0 Å². The minimum Gasteiger partial charge on any atom is -0.306 e. The first-order valence-corrected chi connectivity index (χ1v) is 4.79. The van der Waals surface area contributed by atoms with Crippen molar-refractivity contribution in [2.45, 2.75) is 39.2 Å².